The topological polar surface area (TPSA) is 15.3 Å². The summed E-state index contributed by atoms with van der Waals surface area (Å²) in [6.45, 7) is 11.0. The number of likely N-dealkylation sites (tertiary alicyclic amines) is 1. The van der Waals surface area contributed by atoms with Crippen molar-refractivity contribution in [2.75, 3.05) is 19.6 Å². The van der Waals surface area contributed by atoms with E-state index < -0.39 is 0 Å². The van der Waals surface area contributed by atoms with Gasteiger partial charge in [0.1, 0.15) is 0 Å². The molecule has 2 atom stereocenters. The van der Waals surface area contributed by atoms with Gasteiger partial charge in [0.25, 0.3) is 0 Å². The molecule has 1 N–H and O–H groups in total. The highest BCUT2D eigenvalue weighted by atomic mass is 15.2. The molecule has 2 unspecified atom stereocenters. The van der Waals surface area contributed by atoms with E-state index in [1.54, 1.807) is 0 Å². The molecule has 2 aliphatic rings. The molecule has 0 spiro atoms. The quantitative estimate of drug-likeness (QED) is 0.808. The SMILES string of the molecule is CC(C)CCC(C)N1CCC(C2CCCN2)CC1. The van der Waals surface area contributed by atoms with E-state index in [4.69, 9.17) is 0 Å². The molecule has 2 heteroatoms. The summed E-state index contributed by atoms with van der Waals surface area (Å²) < 4.78 is 0. The molecule has 18 heavy (non-hydrogen) atoms. The highest BCUT2D eigenvalue weighted by molar-refractivity contribution is 4.86. The Morgan fingerprint density at radius 3 is 2.33 bits per heavy atom. The molecule has 2 heterocycles. The first-order valence-electron chi connectivity index (χ1n) is 8.14. The van der Waals surface area contributed by atoms with E-state index in [1.165, 1.54) is 58.2 Å². The molecule has 0 bridgehead atoms. The maximum Gasteiger partial charge on any atom is 0.00967 e. The average molecular weight is 252 g/mol. The Hall–Kier alpha value is -0.0800. The second kappa shape index (κ2) is 6.91. The van der Waals surface area contributed by atoms with Crippen molar-refractivity contribution < 1.29 is 0 Å². The predicted molar refractivity (Wildman–Crippen MR) is 78.9 cm³/mol. The first kappa shape index (κ1) is 14.3. The molecule has 2 aliphatic heterocycles. The molecule has 2 saturated heterocycles. The largest absolute Gasteiger partial charge is 0.314 e. The Morgan fingerprint density at radius 2 is 1.78 bits per heavy atom. The minimum atomic E-state index is 0.796. The normalized spacial score (nSPS) is 29.0. The highest BCUT2D eigenvalue weighted by Gasteiger charge is 2.29. The van der Waals surface area contributed by atoms with Crippen LogP contribution in [0.4, 0.5) is 0 Å². The summed E-state index contributed by atoms with van der Waals surface area (Å²) in [4.78, 5) is 2.73. The molecule has 2 rings (SSSR count). The number of nitrogens with one attached hydrogen (secondary N) is 1. The van der Waals surface area contributed by atoms with Crippen molar-refractivity contribution in [3.63, 3.8) is 0 Å². The standard InChI is InChI=1S/C16H32N2/c1-13(2)6-7-14(3)18-11-8-15(9-12-18)16-5-4-10-17-16/h13-17H,4-12H2,1-3H3. The van der Waals surface area contributed by atoms with Crippen LogP contribution < -0.4 is 5.32 Å². The summed E-state index contributed by atoms with van der Waals surface area (Å²) in [6, 6.07) is 1.64. The molecule has 0 aromatic rings. The van der Waals surface area contributed by atoms with E-state index in [2.05, 4.69) is 31.0 Å². The van der Waals surface area contributed by atoms with Crippen molar-refractivity contribution in [2.24, 2.45) is 11.8 Å². The van der Waals surface area contributed by atoms with Gasteiger partial charge in [-0.1, -0.05) is 13.8 Å². The van der Waals surface area contributed by atoms with Gasteiger partial charge in [-0.25, -0.2) is 0 Å². The fourth-order valence-electron chi connectivity index (χ4n) is 3.63. The van der Waals surface area contributed by atoms with Crippen LogP contribution in [0.3, 0.4) is 0 Å². The van der Waals surface area contributed by atoms with Gasteiger partial charge in [0.2, 0.25) is 0 Å². The summed E-state index contributed by atoms with van der Waals surface area (Å²) >= 11 is 0. The van der Waals surface area contributed by atoms with Crippen molar-refractivity contribution in [3.8, 4) is 0 Å². The zero-order chi connectivity index (χ0) is 13.0. The van der Waals surface area contributed by atoms with E-state index in [9.17, 15) is 0 Å². The van der Waals surface area contributed by atoms with Gasteiger partial charge in [-0.2, -0.15) is 0 Å². The van der Waals surface area contributed by atoms with Gasteiger partial charge in [0.15, 0.2) is 0 Å². The molecule has 0 aliphatic carbocycles. The Bertz CT molecular complexity index is 225. The number of piperidine rings is 1. The maximum absolute atomic E-state index is 3.69. The third-order valence-electron chi connectivity index (χ3n) is 5.03. The fourth-order valence-corrected chi connectivity index (χ4v) is 3.63. The molecular formula is C16H32N2. The van der Waals surface area contributed by atoms with E-state index in [1.807, 2.05) is 0 Å². The molecular weight excluding hydrogens is 220 g/mol. The number of rotatable bonds is 5. The Balaban J connectivity index is 1.68. The lowest BCUT2D eigenvalue weighted by molar-refractivity contribution is 0.119. The van der Waals surface area contributed by atoms with Gasteiger partial charge in [-0.05, 0) is 76.9 Å². The maximum atomic E-state index is 3.69. The van der Waals surface area contributed by atoms with E-state index in [0.29, 0.717) is 0 Å². The minimum absolute atomic E-state index is 0.796. The van der Waals surface area contributed by atoms with Crippen LogP contribution in [0.25, 0.3) is 0 Å². The van der Waals surface area contributed by atoms with Crippen LogP contribution in [0.15, 0.2) is 0 Å². The first-order chi connectivity index (χ1) is 8.66. The van der Waals surface area contributed by atoms with Gasteiger partial charge < -0.3 is 10.2 Å². The van der Waals surface area contributed by atoms with Crippen LogP contribution in [0.5, 0.6) is 0 Å². The van der Waals surface area contributed by atoms with Crippen molar-refractivity contribution in [1.29, 1.82) is 0 Å². The average Bonchev–Trinajstić information content (AvgIpc) is 2.90. The van der Waals surface area contributed by atoms with Gasteiger partial charge in [0, 0.05) is 12.1 Å². The van der Waals surface area contributed by atoms with Crippen molar-refractivity contribution in [2.45, 2.75) is 71.4 Å². The monoisotopic (exact) mass is 252 g/mol. The molecule has 0 aromatic heterocycles. The molecule has 0 saturated carbocycles. The molecule has 2 fully saturated rings. The predicted octanol–water partition coefficient (Wildman–Crippen LogP) is 3.28. The van der Waals surface area contributed by atoms with Gasteiger partial charge in [-0.3, -0.25) is 0 Å². The Labute approximate surface area is 114 Å². The third-order valence-corrected chi connectivity index (χ3v) is 5.03. The zero-order valence-electron chi connectivity index (χ0n) is 12.6. The summed E-state index contributed by atoms with van der Waals surface area (Å²) in [5.74, 6) is 1.81. The van der Waals surface area contributed by atoms with Crippen molar-refractivity contribution in [1.82, 2.24) is 10.2 Å². The van der Waals surface area contributed by atoms with Crippen molar-refractivity contribution >= 4 is 0 Å². The molecule has 0 amide bonds. The van der Waals surface area contributed by atoms with Gasteiger partial charge in [-0.15, -0.1) is 0 Å². The molecule has 106 valence electrons. The van der Waals surface area contributed by atoms with Crippen LogP contribution in [-0.2, 0) is 0 Å². The van der Waals surface area contributed by atoms with Gasteiger partial charge in [0.05, 0.1) is 0 Å². The Kier molecular flexibility index (Phi) is 5.50. The van der Waals surface area contributed by atoms with Gasteiger partial charge >= 0.3 is 0 Å². The first-order valence-corrected chi connectivity index (χ1v) is 8.14. The molecule has 0 aromatic carbocycles. The zero-order valence-corrected chi connectivity index (χ0v) is 12.6. The lowest BCUT2D eigenvalue weighted by Crippen LogP contribution is -2.44. The van der Waals surface area contributed by atoms with Crippen LogP contribution >= 0.6 is 0 Å². The number of hydrogen-bond donors (Lipinski definition) is 1. The van der Waals surface area contributed by atoms with Crippen molar-refractivity contribution in [3.05, 3.63) is 0 Å². The number of hydrogen-bond acceptors (Lipinski definition) is 2. The molecule has 2 nitrogen and oxygen atoms in total. The summed E-state index contributed by atoms with van der Waals surface area (Å²) in [6.07, 6.45) is 8.42. The number of nitrogens with zero attached hydrogens (tertiary/aromatic N) is 1. The lowest BCUT2D eigenvalue weighted by atomic mass is 9.87. The van der Waals surface area contributed by atoms with E-state index in [-0.39, 0.29) is 0 Å². The van der Waals surface area contributed by atoms with Crippen LogP contribution in [0.2, 0.25) is 0 Å². The second-order valence-corrected chi connectivity index (χ2v) is 6.90. The molecule has 0 radical (unpaired) electrons. The van der Waals surface area contributed by atoms with Crippen LogP contribution in [-0.4, -0.2) is 36.6 Å². The van der Waals surface area contributed by atoms with E-state index >= 15 is 0 Å². The highest BCUT2D eigenvalue weighted by Crippen LogP contribution is 2.27. The third kappa shape index (κ3) is 3.96. The fraction of sp³-hybridized carbons (Fsp3) is 1.00. The lowest BCUT2D eigenvalue weighted by Gasteiger charge is -2.38. The smallest absolute Gasteiger partial charge is 0.00967 e. The van der Waals surface area contributed by atoms with E-state index in [0.717, 1.165) is 23.9 Å². The summed E-state index contributed by atoms with van der Waals surface area (Å²) in [5, 5.41) is 3.69. The second-order valence-electron chi connectivity index (χ2n) is 6.90. The Morgan fingerprint density at radius 1 is 1.06 bits per heavy atom. The van der Waals surface area contributed by atoms with Crippen LogP contribution in [0, 0.1) is 11.8 Å². The summed E-state index contributed by atoms with van der Waals surface area (Å²) in [7, 11) is 0. The summed E-state index contributed by atoms with van der Waals surface area (Å²) in [5.41, 5.74) is 0. The van der Waals surface area contributed by atoms with Crippen LogP contribution in [0.1, 0.15) is 59.3 Å². The minimum Gasteiger partial charge on any atom is -0.314 e.